The Labute approximate surface area is 107 Å². The van der Waals surface area contributed by atoms with Crippen LogP contribution in [0.1, 0.15) is 25.1 Å². The molecule has 0 unspecified atom stereocenters. The highest BCUT2D eigenvalue weighted by molar-refractivity contribution is 7.96. The van der Waals surface area contributed by atoms with E-state index in [-0.39, 0.29) is 0 Å². The van der Waals surface area contributed by atoms with Gasteiger partial charge in [0.05, 0.1) is 0 Å². The Hall–Kier alpha value is -0.930. The van der Waals surface area contributed by atoms with E-state index in [1.54, 1.807) is 0 Å². The topological polar surface area (TPSA) is 19.0 Å². The molecule has 1 aromatic heterocycles. The number of nitrogens with one attached hydrogen (secondary N) is 1. The van der Waals surface area contributed by atoms with Crippen LogP contribution in [0.5, 0.6) is 0 Å². The van der Waals surface area contributed by atoms with Crippen LogP contribution < -0.4 is 0 Å². The third-order valence-electron chi connectivity index (χ3n) is 3.50. The molecule has 2 nitrogen and oxygen atoms in total. The number of nitrogens with zero attached hydrogens (tertiary/aromatic N) is 1. The van der Waals surface area contributed by atoms with Crippen LogP contribution in [-0.4, -0.2) is 21.1 Å². The first-order valence-electron chi connectivity index (χ1n) is 6.27. The lowest BCUT2D eigenvalue weighted by Crippen LogP contribution is -2.33. The Morgan fingerprint density at radius 1 is 1.41 bits per heavy atom. The number of fused-ring (bicyclic) bond motifs is 3. The first-order chi connectivity index (χ1) is 8.29. The van der Waals surface area contributed by atoms with E-state index in [4.69, 9.17) is 0 Å². The highest BCUT2D eigenvalue weighted by Crippen LogP contribution is 2.32. The monoisotopic (exact) mass is 246 g/mol. The SMILES string of the molecule is CCSN1Cc2[nH]c3ccccc3c2C[C@H]1C. The summed E-state index contributed by atoms with van der Waals surface area (Å²) in [7, 11) is 0. The van der Waals surface area contributed by atoms with Crippen molar-refractivity contribution in [3.8, 4) is 0 Å². The van der Waals surface area contributed by atoms with Crippen LogP contribution >= 0.6 is 11.9 Å². The minimum Gasteiger partial charge on any atom is -0.357 e. The summed E-state index contributed by atoms with van der Waals surface area (Å²) < 4.78 is 2.50. The van der Waals surface area contributed by atoms with Crippen LogP contribution in [-0.2, 0) is 13.0 Å². The summed E-state index contributed by atoms with van der Waals surface area (Å²) in [5.74, 6) is 1.15. The molecule has 0 fully saturated rings. The van der Waals surface area contributed by atoms with Gasteiger partial charge < -0.3 is 4.98 Å². The second kappa shape index (κ2) is 4.39. The number of aromatic nitrogens is 1. The summed E-state index contributed by atoms with van der Waals surface area (Å²) in [5.41, 5.74) is 4.22. The molecular weight excluding hydrogens is 228 g/mol. The maximum Gasteiger partial charge on any atom is 0.0498 e. The summed E-state index contributed by atoms with van der Waals surface area (Å²) in [6.45, 7) is 5.59. The minimum absolute atomic E-state index is 0.631. The largest absolute Gasteiger partial charge is 0.357 e. The average Bonchev–Trinajstić information content (AvgIpc) is 2.68. The molecule has 1 aliphatic heterocycles. The van der Waals surface area contributed by atoms with E-state index >= 15 is 0 Å². The van der Waals surface area contributed by atoms with Crippen molar-refractivity contribution in [2.75, 3.05) is 5.75 Å². The van der Waals surface area contributed by atoms with Gasteiger partial charge in [-0.25, -0.2) is 4.31 Å². The Kier molecular flexibility index (Phi) is 2.89. The standard InChI is InChI=1S/C14H18N2S/c1-3-17-16-9-14-12(8-10(16)2)11-6-4-5-7-13(11)15-14/h4-7,10,15H,3,8-9H2,1-2H3/t10-/m1/s1. The van der Waals surface area contributed by atoms with Crippen molar-refractivity contribution in [2.24, 2.45) is 0 Å². The van der Waals surface area contributed by atoms with Crippen molar-refractivity contribution in [3.63, 3.8) is 0 Å². The number of benzene rings is 1. The van der Waals surface area contributed by atoms with Crippen molar-refractivity contribution in [3.05, 3.63) is 35.5 Å². The van der Waals surface area contributed by atoms with E-state index in [1.165, 1.54) is 22.2 Å². The molecule has 0 radical (unpaired) electrons. The molecule has 0 aliphatic carbocycles. The van der Waals surface area contributed by atoms with Crippen LogP contribution in [0.4, 0.5) is 0 Å². The Morgan fingerprint density at radius 2 is 2.24 bits per heavy atom. The van der Waals surface area contributed by atoms with E-state index in [0.29, 0.717) is 6.04 Å². The molecule has 1 aromatic carbocycles. The van der Waals surface area contributed by atoms with Crippen LogP contribution in [0.15, 0.2) is 24.3 Å². The Bertz CT molecular complexity index is 532. The van der Waals surface area contributed by atoms with Crippen LogP contribution in [0, 0.1) is 0 Å². The maximum atomic E-state index is 3.57. The predicted octanol–water partition coefficient (Wildman–Crippen LogP) is 3.58. The molecule has 1 aliphatic rings. The molecule has 0 saturated carbocycles. The lowest BCUT2D eigenvalue weighted by Gasteiger charge is -2.31. The van der Waals surface area contributed by atoms with Crippen LogP contribution in [0.2, 0.25) is 0 Å². The molecule has 1 atom stereocenters. The van der Waals surface area contributed by atoms with Gasteiger partial charge in [0.1, 0.15) is 0 Å². The number of hydrogen-bond acceptors (Lipinski definition) is 2. The molecule has 0 saturated heterocycles. The highest BCUT2D eigenvalue weighted by Gasteiger charge is 2.25. The van der Waals surface area contributed by atoms with Crippen molar-refractivity contribution in [2.45, 2.75) is 32.9 Å². The van der Waals surface area contributed by atoms with Crippen molar-refractivity contribution < 1.29 is 0 Å². The normalized spacial score (nSPS) is 20.7. The van der Waals surface area contributed by atoms with Crippen molar-refractivity contribution in [1.29, 1.82) is 0 Å². The summed E-state index contributed by atoms with van der Waals surface area (Å²) >= 11 is 1.95. The molecule has 90 valence electrons. The Morgan fingerprint density at radius 3 is 3.06 bits per heavy atom. The van der Waals surface area contributed by atoms with E-state index in [1.807, 2.05) is 11.9 Å². The van der Waals surface area contributed by atoms with Gasteiger partial charge in [-0.1, -0.05) is 37.1 Å². The van der Waals surface area contributed by atoms with Gasteiger partial charge >= 0.3 is 0 Å². The second-order valence-electron chi connectivity index (χ2n) is 4.67. The molecule has 17 heavy (non-hydrogen) atoms. The number of H-pyrrole nitrogens is 1. The highest BCUT2D eigenvalue weighted by atomic mass is 32.2. The van der Waals surface area contributed by atoms with Crippen LogP contribution in [0.25, 0.3) is 10.9 Å². The second-order valence-corrected chi connectivity index (χ2v) is 5.98. The zero-order valence-corrected chi connectivity index (χ0v) is 11.2. The van der Waals surface area contributed by atoms with Gasteiger partial charge in [0.25, 0.3) is 0 Å². The zero-order valence-electron chi connectivity index (χ0n) is 10.4. The first kappa shape index (κ1) is 11.2. The first-order valence-corrected chi connectivity index (χ1v) is 7.22. The zero-order chi connectivity index (χ0) is 11.8. The number of para-hydroxylation sites is 1. The lowest BCUT2D eigenvalue weighted by atomic mass is 10.00. The summed E-state index contributed by atoms with van der Waals surface area (Å²) in [6.07, 6.45) is 1.16. The quantitative estimate of drug-likeness (QED) is 0.817. The fourth-order valence-corrected chi connectivity index (χ4v) is 3.55. The minimum atomic E-state index is 0.631. The molecule has 1 N–H and O–H groups in total. The van der Waals surface area contributed by atoms with Gasteiger partial charge in [0.15, 0.2) is 0 Å². The molecule has 3 heteroatoms. The van der Waals surface area contributed by atoms with Gasteiger partial charge in [-0.15, -0.1) is 0 Å². The molecular formula is C14H18N2S. The van der Waals surface area contributed by atoms with Gasteiger partial charge in [-0.3, -0.25) is 0 Å². The number of hydrogen-bond donors (Lipinski definition) is 1. The third-order valence-corrected chi connectivity index (χ3v) is 4.58. The molecule has 0 bridgehead atoms. The number of aromatic amines is 1. The van der Waals surface area contributed by atoms with Crippen LogP contribution in [0.3, 0.4) is 0 Å². The van der Waals surface area contributed by atoms with Crippen molar-refractivity contribution >= 4 is 22.9 Å². The molecule has 3 rings (SSSR count). The summed E-state index contributed by atoms with van der Waals surface area (Å²) in [4.78, 5) is 3.57. The lowest BCUT2D eigenvalue weighted by molar-refractivity contribution is 0.340. The maximum absolute atomic E-state index is 3.57. The number of rotatable bonds is 2. The summed E-state index contributed by atoms with van der Waals surface area (Å²) in [5, 5.41) is 1.41. The van der Waals surface area contributed by atoms with Gasteiger partial charge in [0, 0.05) is 34.9 Å². The van der Waals surface area contributed by atoms with E-state index < -0.39 is 0 Å². The smallest absolute Gasteiger partial charge is 0.0498 e. The fourth-order valence-electron chi connectivity index (χ4n) is 2.67. The van der Waals surface area contributed by atoms with Gasteiger partial charge in [0.2, 0.25) is 0 Å². The molecule has 2 heterocycles. The molecule has 0 amide bonds. The third kappa shape index (κ3) is 1.87. The van der Waals surface area contributed by atoms with Crippen molar-refractivity contribution in [1.82, 2.24) is 9.29 Å². The van der Waals surface area contributed by atoms with E-state index in [0.717, 1.165) is 18.7 Å². The molecule has 2 aromatic rings. The molecule has 0 spiro atoms. The summed E-state index contributed by atoms with van der Waals surface area (Å²) in [6, 6.07) is 9.28. The van der Waals surface area contributed by atoms with Gasteiger partial charge in [-0.2, -0.15) is 0 Å². The van der Waals surface area contributed by atoms with E-state index in [2.05, 4.69) is 47.4 Å². The average molecular weight is 246 g/mol. The Balaban J connectivity index is 2.03. The fraction of sp³-hybridized carbons (Fsp3) is 0.429. The van der Waals surface area contributed by atoms with Gasteiger partial charge in [-0.05, 0) is 25.0 Å². The predicted molar refractivity (Wildman–Crippen MR) is 75.1 cm³/mol. The van der Waals surface area contributed by atoms with E-state index in [9.17, 15) is 0 Å².